The summed E-state index contributed by atoms with van der Waals surface area (Å²) in [5, 5.41) is 2.89. The molecule has 2 nitrogen and oxygen atoms in total. The SMILES string of the molecule is Nc1ccccc1CNc1cc(Br)c(F)cc1F. The largest absolute Gasteiger partial charge is 0.398 e. The number of hydrogen-bond donors (Lipinski definition) is 2. The normalized spacial score (nSPS) is 10.4. The fraction of sp³-hybridized carbons (Fsp3) is 0.0769. The van der Waals surface area contributed by atoms with Crippen molar-refractivity contribution in [3.63, 3.8) is 0 Å². The molecule has 0 aliphatic heterocycles. The summed E-state index contributed by atoms with van der Waals surface area (Å²) in [5.41, 5.74) is 7.49. The van der Waals surface area contributed by atoms with Crippen LogP contribution in [-0.2, 0) is 6.54 Å². The molecule has 18 heavy (non-hydrogen) atoms. The van der Waals surface area contributed by atoms with Crippen molar-refractivity contribution in [2.75, 3.05) is 11.1 Å². The molecule has 2 rings (SSSR count). The van der Waals surface area contributed by atoms with E-state index in [2.05, 4.69) is 21.2 Å². The molecular formula is C13H11BrF2N2. The fourth-order valence-electron chi connectivity index (χ4n) is 1.54. The molecule has 3 N–H and O–H groups in total. The predicted molar refractivity (Wildman–Crippen MR) is 72.2 cm³/mol. The number of benzene rings is 2. The van der Waals surface area contributed by atoms with E-state index in [9.17, 15) is 8.78 Å². The average Bonchev–Trinajstić information content (AvgIpc) is 2.34. The van der Waals surface area contributed by atoms with E-state index in [1.54, 1.807) is 6.07 Å². The van der Waals surface area contributed by atoms with E-state index in [4.69, 9.17) is 5.73 Å². The topological polar surface area (TPSA) is 38.0 Å². The van der Waals surface area contributed by atoms with Crippen LogP contribution in [0.1, 0.15) is 5.56 Å². The first-order valence-corrected chi connectivity index (χ1v) is 6.09. The quantitative estimate of drug-likeness (QED) is 0.666. The van der Waals surface area contributed by atoms with Crippen LogP contribution in [-0.4, -0.2) is 0 Å². The molecule has 0 saturated heterocycles. The van der Waals surface area contributed by atoms with Crippen LogP contribution in [0.15, 0.2) is 40.9 Å². The molecule has 0 amide bonds. The van der Waals surface area contributed by atoms with Crippen molar-refractivity contribution in [3.05, 3.63) is 58.1 Å². The molecule has 0 bridgehead atoms. The van der Waals surface area contributed by atoms with Crippen LogP contribution in [0.3, 0.4) is 0 Å². The molecule has 0 spiro atoms. The van der Waals surface area contributed by atoms with E-state index in [1.807, 2.05) is 18.2 Å². The Morgan fingerprint density at radius 2 is 1.83 bits per heavy atom. The van der Waals surface area contributed by atoms with Crippen molar-refractivity contribution in [2.45, 2.75) is 6.54 Å². The number of nitrogen functional groups attached to an aromatic ring is 1. The third kappa shape index (κ3) is 2.79. The summed E-state index contributed by atoms with van der Waals surface area (Å²) in [6, 6.07) is 9.50. The number of nitrogens with one attached hydrogen (secondary N) is 1. The zero-order chi connectivity index (χ0) is 13.1. The second kappa shape index (κ2) is 5.35. The van der Waals surface area contributed by atoms with Gasteiger partial charge in [-0.15, -0.1) is 0 Å². The van der Waals surface area contributed by atoms with Gasteiger partial charge < -0.3 is 11.1 Å². The summed E-state index contributed by atoms with van der Waals surface area (Å²) in [4.78, 5) is 0. The van der Waals surface area contributed by atoms with Gasteiger partial charge >= 0.3 is 0 Å². The van der Waals surface area contributed by atoms with Gasteiger partial charge in [0.15, 0.2) is 0 Å². The highest BCUT2D eigenvalue weighted by atomic mass is 79.9. The standard InChI is InChI=1S/C13H11BrF2N2/c14-9-5-13(11(16)6-10(9)15)18-7-8-3-1-2-4-12(8)17/h1-6,18H,7,17H2. The second-order valence-corrected chi connectivity index (χ2v) is 4.65. The maximum atomic E-state index is 13.5. The summed E-state index contributed by atoms with van der Waals surface area (Å²) < 4.78 is 26.7. The number of rotatable bonds is 3. The van der Waals surface area contributed by atoms with Gasteiger partial charge in [-0.25, -0.2) is 8.78 Å². The third-order valence-corrected chi connectivity index (χ3v) is 3.14. The monoisotopic (exact) mass is 312 g/mol. The van der Waals surface area contributed by atoms with Crippen molar-refractivity contribution >= 4 is 27.3 Å². The number of hydrogen-bond acceptors (Lipinski definition) is 2. The van der Waals surface area contributed by atoms with Crippen molar-refractivity contribution in [2.24, 2.45) is 0 Å². The Labute approximate surface area is 112 Å². The second-order valence-electron chi connectivity index (χ2n) is 3.80. The van der Waals surface area contributed by atoms with Gasteiger partial charge in [0.05, 0.1) is 10.2 Å². The first-order valence-electron chi connectivity index (χ1n) is 5.29. The Balaban J connectivity index is 2.16. The number of para-hydroxylation sites is 1. The summed E-state index contributed by atoms with van der Waals surface area (Å²) in [6.07, 6.45) is 0. The minimum atomic E-state index is -0.634. The van der Waals surface area contributed by atoms with Crippen LogP contribution < -0.4 is 11.1 Å². The molecule has 2 aromatic rings. The van der Waals surface area contributed by atoms with Gasteiger partial charge in [-0.1, -0.05) is 18.2 Å². The Hall–Kier alpha value is -1.62. The highest BCUT2D eigenvalue weighted by Gasteiger charge is 2.08. The maximum Gasteiger partial charge on any atom is 0.149 e. The number of halogens is 3. The molecule has 0 unspecified atom stereocenters. The zero-order valence-corrected chi connectivity index (χ0v) is 11.0. The van der Waals surface area contributed by atoms with Crippen LogP contribution in [0.4, 0.5) is 20.2 Å². The smallest absolute Gasteiger partial charge is 0.149 e. The molecule has 0 heterocycles. The summed E-state index contributed by atoms with van der Waals surface area (Å²) >= 11 is 3.01. The fourth-order valence-corrected chi connectivity index (χ4v) is 1.89. The van der Waals surface area contributed by atoms with E-state index >= 15 is 0 Å². The first-order chi connectivity index (χ1) is 8.58. The molecule has 0 aliphatic rings. The molecule has 0 saturated carbocycles. The minimum Gasteiger partial charge on any atom is -0.398 e. The molecule has 0 radical (unpaired) electrons. The van der Waals surface area contributed by atoms with Crippen molar-refractivity contribution in [3.8, 4) is 0 Å². The van der Waals surface area contributed by atoms with E-state index in [-0.39, 0.29) is 10.2 Å². The molecule has 0 fully saturated rings. The van der Waals surface area contributed by atoms with Gasteiger partial charge in [0.25, 0.3) is 0 Å². The molecular weight excluding hydrogens is 302 g/mol. The van der Waals surface area contributed by atoms with Gasteiger partial charge in [-0.05, 0) is 33.6 Å². The lowest BCUT2D eigenvalue weighted by atomic mass is 10.2. The highest BCUT2D eigenvalue weighted by Crippen LogP contribution is 2.24. The van der Waals surface area contributed by atoms with Crippen molar-refractivity contribution in [1.29, 1.82) is 0 Å². The van der Waals surface area contributed by atoms with Gasteiger partial charge in [0.2, 0.25) is 0 Å². The van der Waals surface area contributed by atoms with Crippen molar-refractivity contribution in [1.82, 2.24) is 0 Å². The molecule has 0 aliphatic carbocycles. The lowest BCUT2D eigenvalue weighted by molar-refractivity contribution is 0.580. The Morgan fingerprint density at radius 1 is 1.11 bits per heavy atom. The maximum absolute atomic E-state index is 13.5. The molecule has 5 heteroatoms. The Morgan fingerprint density at radius 3 is 2.56 bits per heavy atom. The van der Waals surface area contributed by atoms with E-state index in [0.717, 1.165) is 11.6 Å². The third-order valence-electron chi connectivity index (χ3n) is 2.53. The average molecular weight is 313 g/mol. The summed E-state index contributed by atoms with van der Waals surface area (Å²) in [5.74, 6) is -1.26. The van der Waals surface area contributed by atoms with Gasteiger partial charge in [-0.2, -0.15) is 0 Å². The van der Waals surface area contributed by atoms with Gasteiger partial charge in [0, 0.05) is 18.3 Å². The van der Waals surface area contributed by atoms with E-state index < -0.39 is 11.6 Å². The number of anilines is 2. The van der Waals surface area contributed by atoms with E-state index in [1.165, 1.54) is 6.07 Å². The summed E-state index contributed by atoms with van der Waals surface area (Å²) in [6.45, 7) is 0.377. The van der Waals surface area contributed by atoms with Crippen molar-refractivity contribution < 1.29 is 8.78 Å². The summed E-state index contributed by atoms with van der Waals surface area (Å²) in [7, 11) is 0. The minimum absolute atomic E-state index is 0.215. The molecule has 0 aromatic heterocycles. The zero-order valence-electron chi connectivity index (χ0n) is 9.38. The number of nitrogens with two attached hydrogens (primary N) is 1. The van der Waals surface area contributed by atoms with E-state index in [0.29, 0.717) is 12.2 Å². The molecule has 2 aromatic carbocycles. The van der Waals surface area contributed by atoms with Gasteiger partial charge in [0.1, 0.15) is 11.6 Å². The molecule has 94 valence electrons. The van der Waals surface area contributed by atoms with Crippen LogP contribution in [0.2, 0.25) is 0 Å². The molecule has 0 atom stereocenters. The van der Waals surface area contributed by atoms with Crippen LogP contribution >= 0.6 is 15.9 Å². The van der Waals surface area contributed by atoms with Crippen LogP contribution in [0, 0.1) is 11.6 Å². The Kier molecular flexibility index (Phi) is 3.81. The highest BCUT2D eigenvalue weighted by molar-refractivity contribution is 9.10. The van der Waals surface area contributed by atoms with Gasteiger partial charge in [-0.3, -0.25) is 0 Å². The lowest BCUT2D eigenvalue weighted by Gasteiger charge is -2.10. The first kappa shape index (κ1) is 12.8. The van der Waals surface area contributed by atoms with Crippen LogP contribution in [0.25, 0.3) is 0 Å². The predicted octanol–water partition coefficient (Wildman–Crippen LogP) is 3.92. The lowest BCUT2D eigenvalue weighted by Crippen LogP contribution is -2.04. The Bertz CT molecular complexity index is 573. The van der Waals surface area contributed by atoms with Crippen LogP contribution in [0.5, 0.6) is 0 Å².